The fourth-order valence-electron chi connectivity index (χ4n) is 6.50. The Labute approximate surface area is 352 Å². The average Bonchev–Trinajstić information content (AvgIpc) is 3.08. The molecular formula is C46H80Cl2N2O6. The number of phenols is 4. The standard InChI is InChI=1S/C23H39NO3.C15H29ClO.C8H11NO2.ClH/c1-17(2)7-5-8-18(3)9-6-10-19(4)15-23(27)24-14-13-20-11-12-21(25)22(26)16-20;1-12(2)7-5-8-13(3)9-6-10-14(4)11-15(16)17;9-4-3-6-1-2-7(10)8(11)5-6;/h11-12,16-19,25-26H,5-10,13-15H2,1-4H3,(H,24,27);12-14H,5-11H2,1-4H3;1-2,5,10-11H,3-4,9H2;1H. The first-order chi connectivity index (χ1) is 25.9. The summed E-state index contributed by atoms with van der Waals surface area (Å²) in [5.41, 5.74) is 7.13. The topological polar surface area (TPSA) is 153 Å². The third-order valence-electron chi connectivity index (χ3n) is 10.0. The molecule has 2 rings (SSSR count). The number of benzene rings is 2. The predicted molar refractivity (Wildman–Crippen MR) is 238 cm³/mol. The monoisotopic (exact) mass is 827 g/mol. The van der Waals surface area contributed by atoms with Crippen LogP contribution in [-0.2, 0) is 22.4 Å². The van der Waals surface area contributed by atoms with Gasteiger partial charge in [0.1, 0.15) is 0 Å². The van der Waals surface area contributed by atoms with Gasteiger partial charge in [-0.3, -0.25) is 9.59 Å². The van der Waals surface area contributed by atoms with Crippen LogP contribution in [0.25, 0.3) is 0 Å². The minimum absolute atomic E-state index is 0. The minimum Gasteiger partial charge on any atom is -0.504 e. The number of nitrogens with two attached hydrogens (primary N) is 1. The maximum absolute atomic E-state index is 12.1. The Morgan fingerprint density at radius 2 is 0.946 bits per heavy atom. The number of amides is 1. The summed E-state index contributed by atoms with van der Waals surface area (Å²) >= 11 is 5.37. The fraction of sp³-hybridized carbons (Fsp3) is 0.696. The van der Waals surface area contributed by atoms with Gasteiger partial charge < -0.3 is 31.5 Å². The molecule has 0 radical (unpaired) electrons. The zero-order valence-electron chi connectivity index (χ0n) is 36.1. The number of phenolic OH excluding ortho intramolecular Hbond substituents is 4. The quantitative estimate of drug-likeness (QED) is 0.0430. The summed E-state index contributed by atoms with van der Waals surface area (Å²) in [6.45, 7) is 19.2. The van der Waals surface area contributed by atoms with Gasteiger partial charge in [-0.1, -0.05) is 145 Å². The van der Waals surface area contributed by atoms with Crippen LogP contribution in [0.5, 0.6) is 23.0 Å². The van der Waals surface area contributed by atoms with Gasteiger partial charge in [-0.25, -0.2) is 0 Å². The lowest BCUT2D eigenvalue weighted by Gasteiger charge is -2.15. The summed E-state index contributed by atoms with van der Waals surface area (Å²) < 4.78 is 0. The number of nitrogens with one attached hydrogen (secondary N) is 1. The lowest BCUT2D eigenvalue weighted by atomic mass is 9.92. The van der Waals surface area contributed by atoms with Crippen molar-refractivity contribution >= 4 is 35.2 Å². The number of aromatic hydroxyl groups is 4. The van der Waals surface area contributed by atoms with E-state index in [0.717, 1.165) is 47.6 Å². The van der Waals surface area contributed by atoms with Gasteiger partial charge >= 0.3 is 0 Å². The zero-order valence-corrected chi connectivity index (χ0v) is 37.7. The molecule has 8 nitrogen and oxygen atoms in total. The Balaban J connectivity index is 0. The van der Waals surface area contributed by atoms with Gasteiger partial charge in [-0.15, -0.1) is 12.4 Å². The van der Waals surface area contributed by atoms with Crippen molar-refractivity contribution in [3.8, 4) is 23.0 Å². The zero-order chi connectivity index (χ0) is 41.8. The average molecular weight is 828 g/mol. The Hall–Kier alpha value is -2.68. The van der Waals surface area contributed by atoms with Crippen molar-refractivity contribution in [2.24, 2.45) is 41.2 Å². The SMILES string of the molecule is CC(C)CCCC(C)CCCC(C)CC(=O)Cl.CC(C)CCCC(C)CCCC(C)CC(=O)NCCc1ccc(O)c(O)c1.Cl.NCCc1ccc(O)c(O)c1. The van der Waals surface area contributed by atoms with Gasteiger partial charge in [-0.2, -0.15) is 0 Å². The highest BCUT2D eigenvalue weighted by atomic mass is 35.5. The fourth-order valence-corrected chi connectivity index (χ4v) is 6.76. The number of carbonyl (C=O) groups is 2. The highest BCUT2D eigenvalue weighted by Crippen LogP contribution is 2.26. The van der Waals surface area contributed by atoms with E-state index in [9.17, 15) is 19.8 Å². The van der Waals surface area contributed by atoms with Crippen LogP contribution in [0.15, 0.2) is 36.4 Å². The molecule has 4 unspecified atom stereocenters. The first-order valence-electron chi connectivity index (χ1n) is 21.1. The van der Waals surface area contributed by atoms with Crippen molar-refractivity contribution in [2.75, 3.05) is 13.1 Å². The Bertz CT molecular complexity index is 1310. The molecule has 0 saturated heterocycles. The highest BCUT2D eigenvalue weighted by Gasteiger charge is 2.11. The molecule has 324 valence electrons. The molecule has 7 N–H and O–H groups in total. The van der Waals surface area contributed by atoms with E-state index in [1.54, 1.807) is 12.1 Å². The molecule has 10 heteroatoms. The predicted octanol–water partition coefficient (Wildman–Crippen LogP) is 11.8. The van der Waals surface area contributed by atoms with Crippen LogP contribution < -0.4 is 11.1 Å². The first-order valence-corrected chi connectivity index (χ1v) is 21.5. The molecule has 0 aliphatic heterocycles. The molecule has 0 fully saturated rings. The first kappa shape index (κ1) is 55.4. The maximum Gasteiger partial charge on any atom is 0.221 e. The van der Waals surface area contributed by atoms with Crippen molar-refractivity contribution in [3.05, 3.63) is 47.5 Å². The van der Waals surface area contributed by atoms with E-state index in [-0.39, 0.29) is 46.6 Å². The molecule has 0 aliphatic carbocycles. The van der Waals surface area contributed by atoms with Crippen molar-refractivity contribution in [3.63, 3.8) is 0 Å². The molecule has 0 aliphatic rings. The van der Waals surface area contributed by atoms with Gasteiger partial charge in [0.05, 0.1) is 0 Å². The summed E-state index contributed by atoms with van der Waals surface area (Å²) in [4.78, 5) is 22.8. The van der Waals surface area contributed by atoms with Gasteiger partial charge in [-0.05, 0) is 102 Å². The van der Waals surface area contributed by atoms with E-state index >= 15 is 0 Å². The van der Waals surface area contributed by atoms with E-state index < -0.39 is 0 Å². The van der Waals surface area contributed by atoms with Crippen molar-refractivity contribution in [1.82, 2.24) is 5.32 Å². The van der Waals surface area contributed by atoms with E-state index in [1.165, 1.54) is 88.5 Å². The van der Waals surface area contributed by atoms with Crippen molar-refractivity contribution < 1.29 is 30.0 Å². The van der Waals surface area contributed by atoms with E-state index in [4.69, 9.17) is 27.5 Å². The van der Waals surface area contributed by atoms with Crippen LogP contribution in [0.2, 0.25) is 0 Å². The number of rotatable bonds is 25. The Kier molecular flexibility index (Phi) is 33.0. The largest absolute Gasteiger partial charge is 0.504 e. The molecule has 0 spiro atoms. The normalized spacial score (nSPS) is 13.0. The van der Waals surface area contributed by atoms with Crippen LogP contribution in [-0.4, -0.2) is 44.7 Å². The van der Waals surface area contributed by atoms with Gasteiger partial charge in [0.25, 0.3) is 0 Å². The summed E-state index contributed by atoms with van der Waals surface area (Å²) in [7, 11) is 0. The lowest BCUT2D eigenvalue weighted by Crippen LogP contribution is -2.27. The second-order valence-corrected chi connectivity index (χ2v) is 17.4. The third-order valence-corrected chi connectivity index (χ3v) is 10.2. The molecule has 0 heterocycles. The Morgan fingerprint density at radius 3 is 1.32 bits per heavy atom. The van der Waals surface area contributed by atoms with Gasteiger partial charge in [0.2, 0.25) is 11.1 Å². The molecule has 2 aromatic carbocycles. The van der Waals surface area contributed by atoms with Crippen LogP contribution in [0.4, 0.5) is 0 Å². The molecular weight excluding hydrogens is 747 g/mol. The summed E-state index contributed by atoms with van der Waals surface area (Å²) in [5.74, 6) is 3.77. The van der Waals surface area contributed by atoms with Gasteiger partial charge in [0.15, 0.2) is 23.0 Å². The van der Waals surface area contributed by atoms with Crippen LogP contribution in [0.3, 0.4) is 0 Å². The van der Waals surface area contributed by atoms with Crippen LogP contribution >= 0.6 is 24.0 Å². The molecule has 56 heavy (non-hydrogen) atoms. The summed E-state index contributed by atoms with van der Waals surface area (Å²) in [5, 5.41) is 39.5. The van der Waals surface area contributed by atoms with Crippen LogP contribution in [0, 0.1) is 35.5 Å². The molecule has 4 atom stereocenters. The highest BCUT2D eigenvalue weighted by molar-refractivity contribution is 6.63. The smallest absolute Gasteiger partial charge is 0.221 e. The summed E-state index contributed by atoms with van der Waals surface area (Å²) in [6, 6.07) is 9.47. The second kappa shape index (κ2) is 33.3. The van der Waals surface area contributed by atoms with Crippen molar-refractivity contribution in [1.29, 1.82) is 0 Å². The van der Waals surface area contributed by atoms with E-state index in [2.05, 4.69) is 60.7 Å². The number of carbonyl (C=O) groups excluding carboxylic acids is 2. The third kappa shape index (κ3) is 31.4. The lowest BCUT2D eigenvalue weighted by molar-refractivity contribution is -0.122. The number of hydrogen-bond acceptors (Lipinski definition) is 7. The second-order valence-electron chi connectivity index (χ2n) is 17.0. The van der Waals surface area contributed by atoms with Crippen LogP contribution in [0.1, 0.15) is 156 Å². The number of hydrogen-bond donors (Lipinski definition) is 6. The maximum atomic E-state index is 12.1. The van der Waals surface area contributed by atoms with E-state index in [1.807, 2.05) is 0 Å². The minimum atomic E-state index is -0.192. The van der Waals surface area contributed by atoms with Gasteiger partial charge in [0, 0.05) is 19.4 Å². The molecule has 0 saturated carbocycles. The molecule has 2 aromatic rings. The van der Waals surface area contributed by atoms with E-state index in [0.29, 0.717) is 50.6 Å². The number of halogens is 2. The van der Waals surface area contributed by atoms with Crippen molar-refractivity contribution in [2.45, 2.75) is 158 Å². The molecule has 1 amide bonds. The molecule has 0 bridgehead atoms. The molecule has 0 aromatic heterocycles. The Morgan fingerprint density at radius 1 is 0.571 bits per heavy atom. The summed E-state index contributed by atoms with van der Waals surface area (Å²) in [6.07, 6.45) is 17.7.